The molecule has 9 heteroatoms. The third-order valence-electron chi connectivity index (χ3n) is 6.19. The lowest BCUT2D eigenvalue weighted by Crippen LogP contribution is -2.27. The van der Waals surface area contributed by atoms with Crippen molar-refractivity contribution < 1.29 is 17.9 Å². The summed E-state index contributed by atoms with van der Waals surface area (Å²) in [4.78, 5) is 13.2. The maximum atomic E-state index is 15.1. The third kappa shape index (κ3) is 4.61. The van der Waals surface area contributed by atoms with Crippen LogP contribution in [0.25, 0.3) is 18.5 Å². The van der Waals surface area contributed by atoms with E-state index in [9.17, 15) is 9.18 Å². The van der Waals surface area contributed by atoms with Crippen molar-refractivity contribution in [2.75, 3.05) is 7.11 Å². The first kappa shape index (κ1) is 25.4. The second-order valence-corrected chi connectivity index (χ2v) is 8.43. The van der Waals surface area contributed by atoms with Crippen molar-refractivity contribution in [3.8, 4) is 17.5 Å². The van der Waals surface area contributed by atoms with Gasteiger partial charge in [-0.3, -0.25) is 9.13 Å². The number of nitriles is 1. The Bertz CT molecular complexity index is 1800. The van der Waals surface area contributed by atoms with Gasteiger partial charge in [0.1, 0.15) is 17.3 Å². The minimum absolute atomic E-state index is 0.133. The Kier molecular flexibility index (Phi) is 6.94. The summed E-state index contributed by atoms with van der Waals surface area (Å²) in [7, 11) is 2.94. The Balaban J connectivity index is 2.08. The quantitative estimate of drug-likeness (QED) is 0.453. The zero-order valence-electron chi connectivity index (χ0n) is 20.2. The van der Waals surface area contributed by atoms with E-state index < -0.39 is 23.0 Å². The summed E-state index contributed by atoms with van der Waals surface area (Å²) in [5.74, 6) is -1.95. The van der Waals surface area contributed by atoms with Crippen LogP contribution < -0.4 is 26.7 Å². The highest BCUT2D eigenvalue weighted by Crippen LogP contribution is 2.21. The first-order chi connectivity index (χ1) is 17.7. The van der Waals surface area contributed by atoms with E-state index in [-0.39, 0.29) is 22.1 Å². The fourth-order valence-electron chi connectivity index (χ4n) is 4.33. The molecule has 0 unspecified atom stereocenters. The van der Waals surface area contributed by atoms with Gasteiger partial charge in [0.15, 0.2) is 11.6 Å². The number of aromatic nitrogens is 2. The minimum Gasteiger partial charge on any atom is -0.496 e. The lowest BCUT2D eigenvalue weighted by molar-refractivity contribution is 0.409. The summed E-state index contributed by atoms with van der Waals surface area (Å²) < 4.78 is 51.0. The average Bonchev–Trinajstić information content (AvgIpc) is 3.12. The number of hydrogen-bond donors (Lipinski definition) is 1. The summed E-state index contributed by atoms with van der Waals surface area (Å²) >= 11 is 0. The van der Waals surface area contributed by atoms with Gasteiger partial charge < -0.3 is 10.5 Å². The predicted molar refractivity (Wildman–Crippen MR) is 134 cm³/mol. The Morgan fingerprint density at radius 2 is 1.73 bits per heavy atom. The fraction of sp³-hybridized carbons (Fsp3) is 0.143. The molecule has 0 radical (unpaired) electrons. The van der Waals surface area contributed by atoms with E-state index in [1.807, 2.05) is 0 Å². The van der Waals surface area contributed by atoms with Gasteiger partial charge in [-0.05, 0) is 65.6 Å². The van der Waals surface area contributed by atoms with Crippen molar-refractivity contribution in [2.24, 2.45) is 12.8 Å². The molecule has 0 saturated carbocycles. The average molecular weight is 505 g/mol. The molecule has 0 amide bonds. The van der Waals surface area contributed by atoms with Crippen LogP contribution in [0.2, 0.25) is 0 Å². The first-order valence-corrected chi connectivity index (χ1v) is 11.2. The lowest BCUT2D eigenvalue weighted by Gasteiger charge is -2.10. The number of ether oxygens (including phenoxy) is 1. The van der Waals surface area contributed by atoms with Crippen molar-refractivity contribution in [1.82, 2.24) is 9.13 Å². The molecular weight excluding hydrogens is 481 g/mol. The topological polar surface area (TPSA) is 86.0 Å². The van der Waals surface area contributed by atoms with Crippen molar-refractivity contribution in [3.63, 3.8) is 0 Å². The maximum Gasteiger partial charge on any atom is 0.333 e. The van der Waals surface area contributed by atoms with E-state index in [0.29, 0.717) is 29.0 Å². The van der Waals surface area contributed by atoms with E-state index >= 15 is 8.78 Å². The van der Waals surface area contributed by atoms with Crippen LogP contribution >= 0.6 is 0 Å². The molecule has 4 rings (SSSR count). The second kappa shape index (κ2) is 10.1. The Hall–Kier alpha value is -4.71. The molecule has 2 N–H and O–H groups in total. The number of methoxy groups -OCH3 is 1. The molecule has 1 aromatic heterocycles. The van der Waals surface area contributed by atoms with Crippen LogP contribution in [0.15, 0.2) is 53.3 Å². The molecule has 0 saturated heterocycles. The Morgan fingerprint density at radius 1 is 1.08 bits per heavy atom. The third-order valence-corrected chi connectivity index (χ3v) is 6.19. The van der Waals surface area contributed by atoms with E-state index in [2.05, 4.69) is 6.58 Å². The summed E-state index contributed by atoms with van der Waals surface area (Å²) in [5, 5.41) is 10.3. The van der Waals surface area contributed by atoms with Gasteiger partial charge in [-0.15, -0.1) is 0 Å². The smallest absolute Gasteiger partial charge is 0.333 e. The molecule has 0 bridgehead atoms. The van der Waals surface area contributed by atoms with Gasteiger partial charge in [0.05, 0.1) is 29.4 Å². The highest BCUT2D eigenvalue weighted by Gasteiger charge is 2.20. The van der Waals surface area contributed by atoms with Gasteiger partial charge in [0, 0.05) is 18.5 Å². The predicted octanol–water partition coefficient (Wildman–Crippen LogP) is 2.65. The molecule has 37 heavy (non-hydrogen) atoms. The van der Waals surface area contributed by atoms with E-state index in [1.165, 1.54) is 37.1 Å². The maximum absolute atomic E-state index is 15.1. The summed E-state index contributed by atoms with van der Waals surface area (Å²) in [6.07, 6.45) is 2.22. The second-order valence-electron chi connectivity index (χ2n) is 8.43. The molecule has 0 atom stereocenters. The number of aryl methyl sites for hydroxylation is 2. The molecule has 188 valence electrons. The highest BCUT2D eigenvalue weighted by molar-refractivity contribution is 5.44. The summed E-state index contributed by atoms with van der Waals surface area (Å²) in [6, 6.07) is 13.0. The van der Waals surface area contributed by atoms with Crippen LogP contribution in [0.3, 0.4) is 0 Å². The van der Waals surface area contributed by atoms with Crippen molar-refractivity contribution in [3.05, 3.63) is 114 Å². The Labute approximate surface area is 209 Å². The van der Waals surface area contributed by atoms with Crippen molar-refractivity contribution in [2.45, 2.75) is 12.8 Å². The van der Waals surface area contributed by atoms with Crippen LogP contribution in [0.5, 0.6) is 5.75 Å². The number of benzene rings is 3. The van der Waals surface area contributed by atoms with Gasteiger partial charge in [-0.1, -0.05) is 18.7 Å². The molecule has 3 aromatic carbocycles. The largest absolute Gasteiger partial charge is 0.496 e. The summed E-state index contributed by atoms with van der Waals surface area (Å²) in [5.41, 5.74) is 5.90. The number of nitrogens with zero attached hydrogens (tertiary/aromatic N) is 3. The highest BCUT2D eigenvalue weighted by atomic mass is 19.1. The molecule has 0 aliphatic carbocycles. The standard InChI is InChI=1S/C28H23F3N4O2/c1-16-10-25(37-3)19(7-4-17-5-8-20(29)9-6-17)13-21(16)26-24(15-33)34(2)28(36)35(26)27-22(30)11-18(14-32)12-23(27)31/h5-6,8-13,15H,1,4,7,33H2,2-3H3/b24-15+,26-21+. The number of nitrogens with two attached hydrogens (primary N) is 1. The molecule has 0 spiro atoms. The number of rotatable bonds is 5. The number of hydrogen-bond acceptors (Lipinski definition) is 4. The number of halogens is 3. The van der Waals surface area contributed by atoms with Gasteiger partial charge in [0.2, 0.25) is 0 Å². The molecule has 6 nitrogen and oxygen atoms in total. The van der Waals surface area contributed by atoms with Gasteiger partial charge >= 0.3 is 5.69 Å². The number of imidazole rings is 1. The minimum atomic E-state index is -1.08. The Morgan fingerprint density at radius 3 is 2.30 bits per heavy atom. The van der Waals surface area contributed by atoms with E-state index in [1.54, 1.807) is 30.3 Å². The van der Waals surface area contributed by atoms with Crippen LogP contribution in [0.1, 0.15) is 16.7 Å². The van der Waals surface area contributed by atoms with Crippen LogP contribution in [0.4, 0.5) is 13.2 Å². The zero-order chi connectivity index (χ0) is 26.9. The first-order valence-electron chi connectivity index (χ1n) is 11.2. The zero-order valence-corrected chi connectivity index (χ0v) is 20.2. The van der Waals surface area contributed by atoms with Gasteiger partial charge in [-0.2, -0.15) is 5.26 Å². The SMILES string of the molecule is C=c1cc(OC)c(CCc2ccc(F)cc2)c/c1=c1/c(=C\N)n(C)c(=O)n1-c1c(F)cc(C#N)cc1F. The normalized spacial score (nSPS) is 12.5. The van der Waals surface area contributed by atoms with Gasteiger partial charge in [-0.25, -0.2) is 18.0 Å². The van der Waals surface area contributed by atoms with Crippen molar-refractivity contribution >= 4 is 12.8 Å². The fourth-order valence-corrected chi connectivity index (χ4v) is 4.33. The van der Waals surface area contributed by atoms with E-state index in [4.69, 9.17) is 15.7 Å². The molecule has 0 fully saturated rings. The van der Waals surface area contributed by atoms with Crippen molar-refractivity contribution in [1.29, 1.82) is 5.26 Å². The molecule has 0 aliphatic heterocycles. The van der Waals surface area contributed by atoms with Gasteiger partial charge in [0.25, 0.3) is 0 Å². The lowest BCUT2D eigenvalue weighted by atomic mass is 10.0. The van der Waals surface area contributed by atoms with Crippen LogP contribution in [0, 0.1) is 39.4 Å². The van der Waals surface area contributed by atoms with Crippen LogP contribution in [-0.4, -0.2) is 16.2 Å². The molecule has 1 heterocycles. The monoisotopic (exact) mass is 504 g/mol. The molecule has 4 aromatic rings. The molecule has 0 aliphatic rings. The molecular formula is C28H23F3N4O2. The van der Waals surface area contributed by atoms with Crippen LogP contribution in [-0.2, 0) is 19.9 Å². The van der Waals surface area contributed by atoms with E-state index in [0.717, 1.165) is 27.8 Å². The summed E-state index contributed by atoms with van der Waals surface area (Å²) in [6.45, 7) is 4.06.